The number of ether oxygens (including phenoxy) is 2. The molecule has 0 spiro atoms. The molecule has 0 aliphatic rings. The third-order valence-corrected chi connectivity index (χ3v) is 4.80. The minimum atomic E-state index is -0.171. The van der Waals surface area contributed by atoms with E-state index in [1.54, 1.807) is 26.0 Å². The number of methoxy groups -OCH3 is 2. The SMILES string of the molecule is COc1ccc([C@H](C)NC(=O)[C@H](C)Sc2ccccc2)cc1OC. The van der Waals surface area contributed by atoms with Crippen molar-refractivity contribution in [3.63, 3.8) is 0 Å². The molecular formula is C19H23NO3S. The average molecular weight is 345 g/mol. The molecule has 2 aromatic rings. The molecule has 128 valence electrons. The maximum absolute atomic E-state index is 12.4. The molecule has 5 heteroatoms. The Morgan fingerprint density at radius 3 is 2.29 bits per heavy atom. The second-order valence-electron chi connectivity index (χ2n) is 5.42. The molecule has 0 saturated heterocycles. The standard InChI is InChI=1S/C19H23NO3S/c1-13(15-10-11-17(22-3)18(12-15)23-4)20-19(21)14(2)24-16-8-6-5-7-9-16/h5-14H,1-4H3,(H,20,21)/t13-,14-/m0/s1. The minimum absolute atomic E-state index is 0.00568. The van der Waals surface area contributed by atoms with Crippen molar-refractivity contribution < 1.29 is 14.3 Å². The van der Waals surface area contributed by atoms with Gasteiger partial charge in [0.1, 0.15) is 0 Å². The Bertz CT molecular complexity index is 676. The van der Waals surface area contributed by atoms with Gasteiger partial charge in [0.05, 0.1) is 25.5 Å². The number of hydrogen-bond donors (Lipinski definition) is 1. The average Bonchev–Trinajstić information content (AvgIpc) is 2.61. The van der Waals surface area contributed by atoms with E-state index in [1.807, 2.05) is 62.4 Å². The molecule has 0 aliphatic heterocycles. The van der Waals surface area contributed by atoms with Crippen LogP contribution >= 0.6 is 11.8 Å². The summed E-state index contributed by atoms with van der Waals surface area (Å²) in [5.41, 5.74) is 0.970. The molecule has 2 aromatic carbocycles. The summed E-state index contributed by atoms with van der Waals surface area (Å²) in [4.78, 5) is 13.5. The third-order valence-electron chi connectivity index (χ3n) is 3.69. The highest BCUT2D eigenvalue weighted by atomic mass is 32.2. The highest BCUT2D eigenvalue weighted by molar-refractivity contribution is 8.00. The topological polar surface area (TPSA) is 47.6 Å². The smallest absolute Gasteiger partial charge is 0.233 e. The van der Waals surface area contributed by atoms with Crippen LogP contribution < -0.4 is 14.8 Å². The van der Waals surface area contributed by atoms with Gasteiger partial charge in [-0.25, -0.2) is 0 Å². The van der Waals surface area contributed by atoms with E-state index in [4.69, 9.17) is 9.47 Å². The molecule has 1 N–H and O–H groups in total. The number of hydrogen-bond acceptors (Lipinski definition) is 4. The van der Waals surface area contributed by atoms with E-state index in [-0.39, 0.29) is 17.2 Å². The van der Waals surface area contributed by atoms with Gasteiger partial charge < -0.3 is 14.8 Å². The van der Waals surface area contributed by atoms with E-state index in [9.17, 15) is 4.79 Å². The van der Waals surface area contributed by atoms with Gasteiger partial charge in [0.2, 0.25) is 5.91 Å². The van der Waals surface area contributed by atoms with Crippen molar-refractivity contribution in [2.24, 2.45) is 0 Å². The van der Waals surface area contributed by atoms with Crippen LogP contribution in [-0.2, 0) is 4.79 Å². The fourth-order valence-corrected chi connectivity index (χ4v) is 3.19. The number of carbonyl (C=O) groups is 1. The van der Waals surface area contributed by atoms with Crippen LogP contribution in [0.3, 0.4) is 0 Å². The van der Waals surface area contributed by atoms with Gasteiger partial charge in [-0.3, -0.25) is 4.79 Å². The number of benzene rings is 2. The van der Waals surface area contributed by atoms with Crippen LogP contribution in [-0.4, -0.2) is 25.4 Å². The lowest BCUT2D eigenvalue weighted by Crippen LogP contribution is -2.33. The summed E-state index contributed by atoms with van der Waals surface area (Å²) in [5.74, 6) is 1.33. The van der Waals surface area contributed by atoms with Crippen molar-refractivity contribution in [3.05, 3.63) is 54.1 Å². The van der Waals surface area contributed by atoms with Gasteiger partial charge in [0, 0.05) is 4.90 Å². The van der Waals surface area contributed by atoms with Crippen LogP contribution in [0.4, 0.5) is 0 Å². The van der Waals surface area contributed by atoms with E-state index in [0.717, 1.165) is 10.5 Å². The number of nitrogens with one attached hydrogen (secondary N) is 1. The molecule has 0 heterocycles. The van der Waals surface area contributed by atoms with Crippen molar-refractivity contribution >= 4 is 17.7 Å². The zero-order valence-electron chi connectivity index (χ0n) is 14.4. The molecule has 4 nitrogen and oxygen atoms in total. The summed E-state index contributed by atoms with van der Waals surface area (Å²) in [6, 6.07) is 15.5. The first kappa shape index (κ1) is 18.2. The lowest BCUT2D eigenvalue weighted by Gasteiger charge is -2.19. The zero-order valence-corrected chi connectivity index (χ0v) is 15.2. The summed E-state index contributed by atoms with van der Waals surface area (Å²) in [6.45, 7) is 3.87. The molecule has 0 bridgehead atoms. The van der Waals surface area contributed by atoms with Crippen molar-refractivity contribution in [3.8, 4) is 11.5 Å². The summed E-state index contributed by atoms with van der Waals surface area (Å²) in [5, 5.41) is 2.88. The maximum Gasteiger partial charge on any atom is 0.233 e. The highest BCUT2D eigenvalue weighted by Gasteiger charge is 2.18. The molecule has 0 fully saturated rings. The van der Waals surface area contributed by atoms with Gasteiger partial charge in [-0.2, -0.15) is 0 Å². The summed E-state index contributed by atoms with van der Waals surface area (Å²) < 4.78 is 10.6. The second kappa shape index (κ2) is 8.64. The van der Waals surface area contributed by atoms with Crippen LogP contribution in [0.5, 0.6) is 11.5 Å². The Hall–Kier alpha value is -2.14. The normalized spacial score (nSPS) is 13.0. The van der Waals surface area contributed by atoms with Gasteiger partial charge in [-0.15, -0.1) is 11.8 Å². The first-order valence-electron chi connectivity index (χ1n) is 7.79. The summed E-state index contributed by atoms with van der Waals surface area (Å²) in [6.07, 6.45) is 0. The Morgan fingerprint density at radius 1 is 1.00 bits per heavy atom. The van der Waals surface area contributed by atoms with Crippen LogP contribution in [0, 0.1) is 0 Å². The van der Waals surface area contributed by atoms with E-state index in [0.29, 0.717) is 11.5 Å². The van der Waals surface area contributed by atoms with E-state index < -0.39 is 0 Å². The Kier molecular flexibility index (Phi) is 6.55. The van der Waals surface area contributed by atoms with Crippen molar-refractivity contribution in [2.75, 3.05) is 14.2 Å². The fourth-order valence-electron chi connectivity index (χ4n) is 2.29. The maximum atomic E-state index is 12.4. The summed E-state index contributed by atoms with van der Waals surface area (Å²) in [7, 11) is 3.20. The number of rotatable bonds is 7. The molecular weight excluding hydrogens is 322 g/mol. The zero-order chi connectivity index (χ0) is 17.5. The molecule has 0 aromatic heterocycles. The Morgan fingerprint density at radius 2 is 1.67 bits per heavy atom. The minimum Gasteiger partial charge on any atom is -0.493 e. The van der Waals surface area contributed by atoms with Gasteiger partial charge in [-0.1, -0.05) is 24.3 Å². The number of carbonyl (C=O) groups excluding carboxylic acids is 1. The van der Waals surface area contributed by atoms with Crippen molar-refractivity contribution in [2.45, 2.75) is 30.0 Å². The van der Waals surface area contributed by atoms with Crippen LogP contribution in [0.15, 0.2) is 53.4 Å². The molecule has 2 atom stereocenters. The van der Waals surface area contributed by atoms with E-state index >= 15 is 0 Å². The Labute approximate surface area is 147 Å². The number of amides is 1. The highest BCUT2D eigenvalue weighted by Crippen LogP contribution is 2.30. The lowest BCUT2D eigenvalue weighted by atomic mass is 10.1. The fraction of sp³-hybridized carbons (Fsp3) is 0.316. The Balaban J connectivity index is 2.00. The van der Waals surface area contributed by atoms with Gasteiger partial charge in [0.25, 0.3) is 0 Å². The monoisotopic (exact) mass is 345 g/mol. The van der Waals surface area contributed by atoms with E-state index in [1.165, 1.54) is 0 Å². The molecule has 0 unspecified atom stereocenters. The van der Waals surface area contributed by atoms with Crippen LogP contribution in [0.2, 0.25) is 0 Å². The quantitative estimate of drug-likeness (QED) is 0.769. The van der Waals surface area contributed by atoms with Crippen molar-refractivity contribution in [1.82, 2.24) is 5.32 Å². The predicted octanol–water partition coefficient (Wildman–Crippen LogP) is 4.06. The second-order valence-corrected chi connectivity index (χ2v) is 6.83. The molecule has 0 saturated carbocycles. The van der Waals surface area contributed by atoms with Crippen molar-refractivity contribution in [1.29, 1.82) is 0 Å². The predicted molar refractivity (Wildman–Crippen MR) is 97.9 cm³/mol. The molecule has 0 aliphatic carbocycles. The third kappa shape index (κ3) is 4.68. The van der Waals surface area contributed by atoms with E-state index in [2.05, 4.69) is 5.32 Å². The van der Waals surface area contributed by atoms with Crippen LogP contribution in [0.25, 0.3) is 0 Å². The van der Waals surface area contributed by atoms with Gasteiger partial charge >= 0.3 is 0 Å². The first-order chi connectivity index (χ1) is 11.5. The van der Waals surface area contributed by atoms with Crippen LogP contribution in [0.1, 0.15) is 25.5 Å². The lowest BCUT2D eigenvalue weighted by molar-refractivity contribution is -0.120. The van der Waals surface area contributed by atoms with Gasteiger partial charge in [-0.05, 0) is 43.7 Å². The molecule has 2 rings (SSSR count). The van der Waals surface area contributed by atoms with Gasteiger partial charge in [0.15, 0.2) is 11.5 Å². The number of thioether (sulfide) groups is 1. The molecule has 24 heavy (non-hydrogen) atoms. The molecule has 0 radical (unpaired) electrons. The summed E-state index contributed by atoms with van der Waals surface area (Å²) >= 11 is 1.55. The molecule has 1 amide bonds. The largest absolute Gasteiger partial charge is 0.493 e. The first-order valence-corrected chi connectivity index (χ1v) is 8.67.